The zero-order valence-electron chi connectivity index (χ0n) is 9.93. The standard InChI is InChI=1S/C13H14Cl2N2/c1-13(2)5-3-4-10-11(13)16-12-9(15)6-8(14)7-17(10)12/h6-7H,3-5H2,1-2H3. The Morgan fingerprint density at radius 3 is 2.88 bits per heavy atom. The quantitative estimate of drug-likeness (QED) is 0.698. The molecule has 0 amide bonds. The minimum Gasteiger partial charge on any atom is -0.301 e. The molecule has 2 nitrogen and oxygen atoms in total. The lowest BCUT2D eigenvalue weighted by molar-refractivity contribution is 0.418. The smallest absolute Gasteiger partial charge is 0.156 e. The Morgan fingerprint density at radius 1 is 1.35 bits per heavy atom. The molecular weight excluding hydrogens is 255 g/mol. The largest absolute Gasteiger partial charge is 0.301 e. The number of imidazole rings is 1. The molecule has 0 aromatic carbocycles. The van der Waals surface area contributed by atoms with Gasteiger partial charge in [-0.25, -0.2) is 4.98 Å². The Hall–Kier alpha value is -0.730. The molecular formula is C13H14Cl2N2. The normalized spacial score (nSPS) is 18.4. The zero-order chi connectivity index (χ0) is 12.2. The monoisotopic (exact) mass is 268 g/mol. The lowest BCUT2D eigenvalue weighted by atomic mass is 9.78. The van der Waals surface area contributed by atoms with E-state index in [9.17, 15) is 0 Å². The molecule has 2 heterocycles. The van der Waals surface area contributed by atoms with E-state index >= 15 is 0 Å². The number of pyridine rings is 1. The van der Waals surface area contributed by atoms with Crippen LogP contribution in [0.5, 0.6) is 0 Å². The summed E-state index contributed by atoms with van der Waals surface area (Å²) >= 11 is 12.3. The number of hydrogen-bond acceptors (Lipinski definition) is 1. The van der Waals surface area contributed by atoms with Crippen molar-refractivity contribution in [1.29, 1.82) is 0 Å². The highest BCUT2D eigenvalue weighted by Crippen LogP contribution is 2.38. The first-order chi connectivity index (χ1) is 7.99. The second kappa shape index (κ2) is 3.63. The summed E-state index contributed by atoms with van der Waals surface area (Å²) in [7, 11) is 0. The van der Waals surface area contributed by atoms with E-state index in [4.69, 9.17) is 28.2 Å². The molecule has 0 radical (unpaired) electrons. The predicted molar refractivity (Wildman–Crippen MR) is 71.2 cm³/mol. The average Bonchev–Trinajstić information content (AvgIpc) is 2.58. The summed E-state index contributed by atoms with van der Waals surface area (Å²) in [6, 6.07) is 1.75. The summed E-state index contributed by atoms with van der Waals surface area (Å²) in [5.74, 6) is 0. The molecule has 0 aliphatic heterocycles. The molecule has 0 fully saturated rings. The van der Waals surface area contributed by atoms with Crippen molar-refractivity contribution in [1.82, 2.24) is 9.38 Å². The van der Waals surface area contributed by atoms with Crippen molar-refractivity contribution in [2.24, 2.45) is 0 Å². The van der Waals surface area contributed by atoms with Crippen molar-refractivity contribution in [3.8, 4) is 0 Å². The molecule has 0 saturated carbocycles. The first kappa shape index (κ1) is 11.4. The molecule has 0 N–H and O–H groups in total. The number of aryl methyl sites for hydroxylation is 1. The number of fused-ring (bicyclic) bond motifs is 3. The number of aromatic nitrogens is 2. The molecule has 0 atom stereocenters. The van der Waals surface area contributed by atoms with Crippen molar-refractivity contribution in [2.45, 2.75) is 38.5 Å². The van der Waals surface area contributed by atoms with Crippen LogP contribution in [-0.2, 0) is 11.8 Å². The second-order valence-corrected chi connectivity index (χ2v) is 6.19. The second-order valence-electron chi connectivity index (χ2n) is 5.34. The van der Waals surface area contributed by atoms with Gasteiger partial charge in [0.05, 0.1) is 15.7 Å². The summed E-state index contributed by atoms with van der Waals surface area (Å²) in [5, 5.41) is 1.29. The Bertz CT molecular complexity index is 599. The van der Waals surface area contributed by atoms with Gasteiger partial charge in [-0.2, -0.15) is 0 Å². The van der Waals surface area contributed by atoms with Gasteiger partial charge < -0.3 is 4.40 Å². The van der Waals surface area contributed by atoms with Crippen LogP contribution in [0.25, 0.3) is 5.65 Å². The Kier molecular flexibility index (Phi) is 2.43. The molecule has 0 unspecified atom stereocenters. The summed E-state index contributed by atoms with van der Waals surface area (Å²) in [6.45, 7) is 4.49. The third kappa shape index (κ3) is 1.66. The minimum absolute atomic E-state index is 0.134. The molecule has 1 aliphatic carbocycles. The van der Waals surface area contributed by atoms with Gasteiger partial charge in [0.15, 0.2) is 5.65 Å². The fraction of sp³-hybridized carbons (Fsp3) is 0.462. The van der Waals surface area contributed by atoms with Crippen molar-refractivity contribution in [3.63, 3.8) is 0 Å². The van der Waals surface area contributed by atoms with Gasteiger partial charge in [0, 0.05) is 17.3 Å². The van der Waals surface area contributed by atoms with E-state index in [0.717, 1.165) is 12.1 Å². The van der Waals surface area contributed by atoms with E-state index in [-0.39, 0.29) is 5.41 Å². The lowest BCUT2D eigenvalue weighted by Crippen LogP contribution is -2.24. The maximum absolute atomic E-state index is 6.21. The molecule has 2 aromatic rings. The summed E-state index contributed by atoms with van der Waals surface area (Å²) in [4.78, 5) is 4.72. The van der Waals surface area contributed by atoms with E-state index < -0.39 is 0 Å². The molecule has 1 aliphatic rings. The molecule has 4 heteroatoms. The number of nitrogens with zero attached hydrogens (tertiary/aromatic N) is 2. The van der Waals surface area contributed by atoms with Crippen molar-refractivity contribution in [3.05, 3.63) is 33.7 Å². The van der Waals surface area contributed by atoms with E-state index in [1.54, 1.807) is 6.07 Å². The summed E-state index contributed by atoms with van der Waals surface area (Å²) in [5.41, 5.74) is 3.40. The van der Waals surface area contributed by atoms with Crippen LogP contribution < -0.4 is 0 Å². The van der Waals surface area contributed by atoms with Crippen molar-refractivity contribution in [2.75, 3.05) is 0 Å². The van der Waals surface area contributed by atoms with Crippen LogP contribution in [0.1, 0.15) is 38.1 Å². The molecule has 0 spiro atoms. The molecule has 90 valence electrons. The van der Waals surface area contributed by atoms with Crippen molar-refractivity contribution < 1.29 is 0 Å². The molecule has 0 bridgehead atoms. The van der Waals surface area contributed by atoms with E-state index in [0.29, 0.717) is 10.0 Å². The maximum atomic E-state index is 6.21. The van der Waals surface area contributed by atoms with E-state index in [2.05, 4.69) is 18.2 Å². The number of halogens is 2. The van der Waals surface area contributed by atoms with Gasteiger partial charge in [0.25, 0.3) is 0 Å². The van der Waals surface area contributed by atoms with E-state index in [1.807, 2.05) is 6.20 Å². The molecule has 0 saturated heterocycles. The highest BCUT2D eigenvalue weighted by molar-refractivity contribution is 6.36. The third-order valence-electron chi connectivity index (χ3n) is 3.60. The molecule has 17 heavy (non-hydrogen) atoms. The SMILES string of the molecule is CC1(C)CCCc2c1nc1c(Cl)cc(Cl)cn21. The van der Waals surface area contributed by atoms with Gasteiger partial charge >= 0.3 is 0 Å². The first-order valence-electron chi connectivity index (χ1n) is 5.85. The van der Waals surface area contributed by atoms with Gasteiger partial charge in [-0.15, -0.1) is 0 Å². The Morgan fingerprint density at radius 2 is 2.12 bits per heavy atom. The van der Waals surface area contributed by atoms with Crippen LogP contribution >= 0.6 is 23.2 Å². The van der Waals surface area contributed by atoms with Crippen LogP contribution in [0, 0.1) is 0 Å². The van der Waals surface area contributed by atoms with Crippen LogP contribution in [0.3, 0.4) is 0 Å². The van der Waals surface area contributed by atoms with Crippen LogP contribution in [0.4, 0.5) is 0 Å². The maximum Gasteiger partial charge on any atom is 0.156 e. The predicted octanol–water partition coefficient (Wildman–Crippen LogP) is 4.26. The molecule has 3 rings (SSSR count). The zero-order valence-corrected chi connectivity index (χ0v) is 11.4. The van der Waals surface area contributed by atoms with Crippen LogP contribution in [0.2, 0.25) is 10.0 Å². The van der Waals surface area contributed by atoms with Gasteiger partial charge in [-0.1, -0.05) is 37.0 Å². The Labute approximate surface area is 111 Å². The highest BCUT2D eigenvalue weighted by atomic mass is 35.5. The highest BCUT2D eigenvalue weighted by Gasteiger charge is 2.32. The number of hydrogen-bond donors (Lipinski definition) is 0. The van der Waals surface area contributed by atoms with Crippen LogP contribution in [-0.4, -0.2) is 9.38 Å². The topological polar surface area (TPSA) is 17.3 Å². The lowest BCUT2D eigenvalue weighted by Gasteiger charge is -2.28. The van der Waals surface area contributed by atoms with Gasteiger partial charge in [0.2, 0.25) is 0 Å². The van der Waals surface area contributed by atoms with Gasteiger partial charge in [-0.05, 0) is 25.3 Å². The Balaban J connectivity index is 2.38. The number of rotatable bonds is 0. The fourth-order valence-electron chi connectivity index (χ4n) is 2.72. The summed E-state index contributed by atoms with van der Waals surface area (Å²) in [6.07, 6.45) is 5.33. The fourth-order valence-corrected chi connectivity index (χ4v) is 3.23. The summed E-state index contributed by atoms with van der Waals surface area (Å²) < 4.78 is 2.06. The first-order valence-corrected chi connectivity index (χ1v) is 6.61. The van der Waals surface area contributed by atoms with Gasteiger partial charge in [0.1, 0.15) is 0 Å². The minimum atomic E-state index is 0.134. The van der Waals surface area contributed by atoms with Gasteiger partial charge in [-0.3, -0.25) is 0 Å². The molecule has 2 aromatic heterocycles. The van der Waals surface area contributed by atoms with E-state index in [1.165, 1.54) is 24.2 Å². The van der Waals surface area contributed by atoms with Crippen LogP contribution in [0.15, 0.2) is 12.3 Å². The third-order valence-corrected chi connectivity index (χ3v) is 4.08. The van der Waals surface area contributed by atoms with Crippen molar-refractivity contribution >= 4 is 28.8 Å². The average molecular weight is 269 g/mol.